The average Bonchev–Trinajstić information content (AvgIpc) is 1.75. The van der Waals surface area contributed by atoms with Crippen LogP contribution in [0.4, 0.5) is 0 Å². The first-order valence-corrected chi connectivity index (χ1v) is 31.3. The molecule has 9 aliphatic rings. The predicted molar refractivity (Wildman–Crippen MR) is 289 cm³/mol. The Morgan fingerprint density at radius 3 is 1.69 bits per heavy atom. The highest BCUT2D eigenvalue weighted by molar-refractivity contribution is 7.80. The molecule has 8 fully saturated rings. The van der Waals surface area contributed by atoms with Crippen molar-refractivity contribution in [3.63, 3.8) is 0 Å². The largest absolute Gasteiger partial charge is 0.397 e. The minimum atomic E-state index is -4.88. The van der Waals surface area contributed by atoms with E-state index in [0.29, 0.717) is 19.3 Å². The van der Waals surface area contributed by atoms with Crippen LogP contribution in [-0.2, 0) is 66.7 Å². The van der Waals surface area contributed by atoms with Gasteiger partial charge in [0.05, 0.1) is 43.2 Å². The zero-order valence-electron chi connectivity index (χ0n) is 49.4. The van der Waals surface area contributed by atoms with Crippen molar-refractivity contribution < 1.29 is 131 Å². The molecule has 5 aliphatic heterocycles. The second-order valence-corrected chi connectivity index (χ2v) is 27.4. The van der Waals surface area contributed by atoms with E-state index in [0.717, 1.165) is 24.8 Å². The summed E-state index contributed by atoms with van der Waals surface area (Å²) < 4.78 is 101. The molecule has 0 aromatic heterocycles. The van der Waals surface area contributed by atoms with E-state index in [1.54, 1.807) is 6.08 Å². The highest BCUT2D eigenvalue weighted by atomic mass is 32.3. The normalized spacial score (nSPS) is 51.6. The van der Waals surface area contributed by atoms with Crippen molar-refractivity contribution in [3.05, 3.63) is 23.3 Å². The van der Waals surface area contributed by atoms with E-state index >= 15 is 0 Å². The lowest BCUT2D eigenvalue weighted by Gasteiger charge is -2.59. The number of rotatable bonds is 17. The molecule has 3 saturated carbocycles. The molecule has 28 heteroatoms. The molecule has 85 heavy (non-hydrogen) atoms. The van der Waals surface area contributed by atoms with Gasteiger partial charge in [0.25, 0.3) is 0 Å². The van der Waals surface area contributed by atoms with Gasteiger partial charge in [0, 0.05) is 6.42 Å². The fourth-order valence-electron chi connectivity index (χ4n) is 15.8. The molecule has 5 saturated heterocycles. The smallest absolute Gasteiger partial charge is 0.394 e. The molecule has 0 bridgehead atoms. The van der Waals surface area contributed by atoms with Crippen LogP contribution in [0.3, 0.4) is 0 Å². The zero-order chi connectivity index (χ0) is 62.3. The molecule has 27 nitrogen and oxygen atoms in total. The average molecular weight is 1240 g/mol. The summed E-state index contributed by atoms with van der Waals surface area (Å²) in [6.45, 7) is 15.0. The summed E-state index contributed by atoms with van der Waals surface area (Å²) in [5, 5.41) is 134. The van der Waals surface area contributed by atoms with Crippen molar-refractivity contribution in [3.8, 4) is 0 Å². The predicted octanol–water partition coefficient (Wildman–Crippen LogP) is -1.48. The molecular weight excluding hydrogens is 1150 g/mol. The minimum absolute atomic E-state index is 0.0727. The summed E-state index contributed by atoms with van der Waals surface area (Å²) in [6.07, 6.45) is -35.8. The lowest BCUT2D eigenvalue weighted by Crippen LogP contribution is -2.68. The number of carbonyl (C=O) groups excluding carboxylic acids is 1. The number of carbonyl (C=O) groups is 1. The molecule has 0 amide bonds. The van der Waals surface area contributed by atoms with E-state index in [1.807, 2.05) is 13.8 Å². The second-order valence-electron chi connectivity index (χ2n) is 26.4. The van der Waals surface area contributed by atoms with Crippen LogP contribution in [0.15, 0.2) is 23.3 Å². The minimum Gasteiger partial charge on any atom is -0.394 e. The standard InChI is InChI=1S/C57H92O27S/c1-21(2)16-27(59)17-22(3)30-10-11-31-29-19-34(33-18-28(84-85(71,72)73)12-14-57(33,9)32(29)13-15-56(30,31)8)78-53-46(70)48(39(63)35(20-58)79-53)81-55-50(83-52-44(68)41(65)37(61)24(5)75-52)45(69)47(26(7)77-55)80-54-49(42(66)38(62)25(6)76-54)82-51-43(67)40(64)36(60)23(4)74-51/h13,16,22-26,28-31,33-55,58,60-70H,10-12,14-15,17-20H2,1-9H3,(H,71,72,73)/t22?,23?,24?,25?,26?,28-,29?,30+,31?,33?,34-,35?,36?,37?,38?,39?,40?,41?,42?,43?,44?,45?,46?,47?,48?,49?,50?,51?,52?,53?,54?,55?,56+,57+/m0/s1. The van der Waals surface area contributed by atoms with E-state index in [-0.39, 0.29) is 47.7 Å². The number of ether oxygens (including phenoxy) is 10. The van der Waals surface area contributed by atoms with Crippen LogP contribution in [0, 0.1) is 40.4 Å². The van der Waals surface area contributed by atoms with Crippen molar-refractivity contribution in [2.45, 2.75) is 279 Å². The van der Waals surface area contributed by atoms with Crippen molar-refractivity contribution in [2.75, 3.05) is 6.61 Å². The fourth-order valence-corrected chi connectivity index (χ4v) is 16.3. The van der Waals surface area contributed by atoms with Crippen molar-refractivity contribution >= 4 is 16.2 Å². The molecule has 29 unspecified atom stereocenters. The number of hydrogen-bond acceptors (Lipinski definition) is 26. The van der Waals surface area contributed by atoms with Gasteiger partial charge < -0.3 is 109 Å². The summed E-state index contributed by atoms with van der Waals surface area (Å²) in [5.41, 5.74) is 1.28. The van der Waals surface area contributed by atoms with E-state index < -0.39 is 194 Å². The Morgan fingerprint density at radius 1 is 0.612 bits per heavy atom. The first-order valence-electron chi connectivity index (χ1n) is 30.0. The number of allylic oxidation sites excluding steroid dienone is 4. The maximum Gasteiger partial charge on any atom is 0.397 e. The van der Waals surface area contributed by atoms with Crippen LogP contribution in [0.2, 0.25) is 0 Å². The molecule has 34 atom stereocenters. The molecular formula is C57H92O27S. The van der Waals surface area contributed by atoms with Gasteiger partial charge in [-0.15, -0.1) is 0 Å². The van der Waals surface area contributed by atoms with E-state index in [9.17, 15) is 79.0 Å². The summed E-state index contributed by atoms with van der Waals surface area (Å²) in [4.78, 5) is 13.1. The molecule has 0 aromatic rings. The number of aliphatic hydroxyl groups is 12. The molecule has 0 radical (unpaired) electrons. The Balaban J connectivity index is 0.999. The molecule has 13 N–H and O–H groups in total. The van der Waals surface area contributed by atoms with Gasteiger partial charge in [0.2, 0.25) is 0 Å². The van der Waals surface area contributed by atoms with Crippen molar-refractivity contribution in [2.24, 2.45) is 40.4 Å². The first kappa shape index (κ1) is 67.5. The first-order chi connectivity index (χ1) is 39.8. The summed E-state index contributed by atoms with van der Waals surface area (Å²) in [6, 6.07) is 0. The van der Waals surface area contributed by atoms with E-state index in [4.69, 9.17) is 51.6 Å². The molecule has 0 spiro atoms. The summed E-state index contributed by atoms with van der Waals surface area (Å²) in [5.74, 6) is -0.101. The second kappa shape index (κ2) is 26.4. The van der Waals surface area contributed by atoms with Gasteiger partial charge in [0.15, 0.2) is 37.2 Å². The van der Waals surface area contributed by atoms with Gasteiger partial charge in [-0.1, -0.05) is 38.0 Å². The number of hydrogen-bond donors (Lipinski definition) is 13. The fraction of sp³-hybridized carbons (Fsp3) is 0.912. The van der Waals surface area contributed by atoms with Crippen molar-refractivity contribution in [1.82, 2.24) is 0 Å². The molecule has 5 heterocycles. The van der Waals surface area contributed by atoms with Crippen LogP contribution in [0.1, 0.15) is 114 Å². The topological polar surface area (TPSA) is 416 Å². The third-order valence-electron chi connectivity index (χ3n) is 20.4. The van der Waals surface area contributed by atoms with Gasteiger partial charge in [0.1, 0.15) is 97.7 Å². The van der Waals surface area contributed by atoms with Gasteiger partial charge in [-0.3, -0.25) is 9.35 Å². The quantitative estimate of drug-likeness (QED) is 0.0449. The number of ketones is 1. The Morgan fingerprint density at radius 2 is 1.13 bits per heavy atom. The van der Waals surface area contributed by atoms with Gasteiger partial charge >= 0.3 is 10.4 Å². The Hall–Kier alpha value is -1.86. The highest BCUT2D eigenvalue weighted by Crippen LogP contribution is 2.67. The summed E-state index contributed by atoms with van der Waals surface area (Å²) in [7, 11) is -4.88. The van der Waals surface area contributed by atoms with E-state index in [1.165, 1.54) is 33.3 Å². The van der Waals surface area contributed by atoms with Crippen LogP contribution in [0.25, 0.3) is 0 Å². The highest BCUT2D eigenvalue weighted by Gasteiger charge is 2.63. The third-order valence-corrected chi connectivity index (χ3v) is 20.9. The Bertz CT molecular complexity index is 2470. The maximum atomic E-state index is 13.1. The Labute approximate surface area is 495 Å². The third kappa shape index (κ3) is 13.4. The van der Waals surface area contributed by atoms with Gasteiger partial charge in [-0.05, 0) is 133 Å². The van der Waals surface area contributed by atoms with Gasteiger partial charge in [-0.2, -0.15) is 8.42 Å². The molecule has 9 rings (SSSR count). The van der Waals surface area contributed by atoms with Crippen LogP contribution >= 0.6 is 0 Å². The Kier molecular flexibility index (Phi) is 21.0. The summed E-state index contributed by atoms with van der Waals surface area (Å²) >= 11 is 0. The van der Waals surface area contributed by atoms with Crippen molar-refractivity contribution in [1.29, 1.82) is 0 Å². The molecule has 488 valence electrons. The van der Waals surface area contributed by atoms with Gasteiger partial charge in [-0.25, -0.2) is 4.18 Å². The maximum absolute atomic E-state index is 13.1. The lowest BCUT2D eigenvalue weighted by molar-refractivity contribution is -0.406. The van der Waals surface area contributed by atoms with Crippen LogP contribution in [0.5, 0.6) is 0 Å². The molecule has 0 aromatic carbocycles. The monoisotopic (exact) mass is 1240 g/mol. The van der Waals surface area contributed by atoms with Crippen LogP contribution < -0.4 is 0 Å². The lowest BCUT2D eigenvalue weighted by atomic mass is 9.47. The SMILES string of the molecule is CC(C)=CC(=O)CC(C)[C@H]1CCC2C3C[C@H](OC4OC(CO)C(O)C(OC5OC(C)C(OC6OC(C)C(O)C(O)C6OC6OC(C)C(O)C(O)C6O)C(O)C5OC5OC(C)C(O)C(O)C5O)C4O)C4C[C@@H](OS(=O)(=O)O)CC[C@]4(C)C3=CC[C@@]21C. The van der Waals surface area contributed by atoms with E-state index in [2.05, 4.69) is 26.8 Å². The van der Waals surface area contributed by atoms with Crippen LogP contribution in [-0.4, -0.2) is 252 Å². The molecule has 4 aliphatic carbocycles. The number of fused-ring (bicyclic) bond motifs is 5. The number of aliphatic hydroxyl groups excluding tert-OH is 12. The zero-order valence-corrected chi connectivity index (χ0v) is 50.2.